The summed E-state index contributed by atoms with van der Waals surface area (Å²) >= 11 is 0. The number of ether oxygens (including phenoxy) is 1. The normalized spacial score (nSPS) is 15.7. The number of aryl methyl sites for hydroxylation is 2. The molecule has 1 saturated heterocycles. The molecule has 1 aliphatic heterocycles. The first-order valence-electron chi connectivity index (χ1n) is 8.03. The highest BCUT2D eigenvalue weighted by Gasteiger charge is 2.10. The predicted molar refractivity (Wildman–Crippen MR) is 89.3 cm³/mol. The Kier molecular flexibility index (Phi) is 6.83. The first-order chi connectivity index (χ1) is 10.7. The lowest BCUT2D eigenvalue weighted by Gasteiger charge is -2.26. The van der Waals surface area contributed by atoms with Gasteiger partial charge in [0.05, 0.1) is 19.8 Å². The van der Waals surface area contributed by atoms with E-state index in [4.69, 9.17) is 4.74 Å². The van der Waals surface area contributed by atoms with Gasteiger partial charge in [0, 0.05) is 18.8 Å². The van der Waals surface area contributed by atoms with Crippen LogP contribution in [0.3, 0.4) is 0 Å². The standard InChI is InChI=1S/C17H27N3O2/c1-14-5-3-6-15(2)17(14)19-16(21)13-18-7-4-8-20-9-11-22-12-10-20/h3,5-6,18H,4,7-13H2,1-2H3,(H,19,21). The molecule has 0 unspecified atom stereocenters. The molecule has 1 aliphatic rings. The third-order valence-electron chi connectivity index (χ3n) is 3.96. The van der Waals surface area contributed by atoms with E-state index in [0.717, 1.165) is 62.6 Å². The first-order valence-corrected chi connectivity index (χ1v) is 8.03. The third-order valence-corrected chi connectivity index (χ3v) is 3.96. The van der Waals surface area contributed by atoms with Crippen LogP contribution in [-0.4, -0.2) is 56.7 Å². The number of hydrogen-bond donors (Lipinski definition) is 2. The monoisotopic (exact) mass is 305 g/mol. The number of rotatable bonds is 7. The van der Waals surface area contributed by atoms with E-state index < -0.39 is 0 Å². The number of carbonyl (C=O) groups is 1. The molecular weight excluding hydrogens is 278 g/mol. The van der Waals surface area contributed by atoms with Crippen LogP contribution < -0.4 is 10.6 Å². The van der Waals surface area contributed by atoms with E-state index in [1.165, 1.54) is 0 Å². The van der Waals surface area contributed by atoms with Crippen LogP contribution in [-0.2, 0) is 9.53 Å². The topological polar surface area (TPSA) is 53.6 Å². The van der Waals surface area contributed by atoms with E-state index in [0.29, 0.717) is 6.54 Å². The van der Waals surface area contributed by atoms with Gasteiger partial charge in [-0.3, -0.25) is 9.69 Å². The highest BCUT2D eigenvalue weighted by Crippen LogP contribution is 2.18. The molecule has 1 heterocycles. The van der Waals surface area contributed by atoms with Crippen LogP contribution in [0.1, 0.15) is 17.5 Å². The maximum atomic E-state index is 12.0. The molecule has 1 aromatic rings. The Morgan fingerprint density at radius 2 is 1.91 bits per heavy atom. The van der Waals surface area contributed by atoms with Gasteiger partial charge in [-0.2, -0.15) is 0 Å². The predicted octanol–water partition coefficient (Wildman–Crippen LogP) is 1.55. The second-order valence-corrected chi connectivity index (χ2v) is 5.80. The molecule has 122 valence electrons. The summed E-state index contributed by atoms with van der Waals surface area (Å²) in [5.41, 5.74) is 3.13. The van der Waals surface area contributed by atoms with Crippen LogP contribution >= 0.6 is 0 Å². The van der Waals surface area contributed by atoms with Gasteiger partial charge in [-0.25, -0.2) is 0 Å². The minimum Gasteiger partial charge on any atom is -0.379 e. The molecule has 1 amide bonds. The fourth-order valence-electron chi connectivity index (χ4n) is 2.65. The summed E-state index contributed by atoms with van der Waals surface area (Å²) in [5, 5.41) is 6.20. The molecule has 1 aromatic carbocycles. The van der Waals surface area contributed by atoms with Gasteiger partial charge < -0.3 is 15.4 Å². The average Bonchev–Trinajstić information content (AvgIpc) is 2.52. The summed E-state index contributed by atoms with van der Waals surface area (Å²) in [6.07, 6.45) is 1.05. The van der Waals surface area contributed by atoms with Crippen molar-refractivity contribution in [1.29, 1.82) is 0 Å². The molecule has 2 rings (SSSR count). The summed E-state index contributed by atoms with van der Waals surface area (Å²) in [6, 6.07) is 6.03. The molecule has 22 heavy (non-hydrogen) atoms. The lowest BCUT2D eigenvalue weighted by Crippen LogP contribution is -2.38. The Labute approximate surface area is 133 Å². The summed E-state index contributed by atoms with van der Waals surface area (Å²) in [5.74, 6) is 0.0174. The smallest absolute Gasteiger partial charge is 0.238 e. The molecule has 0 aromatic heterocycles. The van der Waals surface area contributed by atoms with Gasteiger partial charge in [0.2, 0.25) is 5.91 Å². The number of morpholine rings is 1. The molecule has 0 atom stereocenters. The average molecular weight is 305 g/mol. The zero-order valence-electron chi connectivity index (χ0n) is 13.7. The summed E-state index contributed by atoms with van der Waals surface area (Å²) in [7, 11) is 0. The van der Waals surface area contributed by atoms with E-state index in [2.05, 4.69) is 15.5 Å². The second-order valence-electron chi connectivity index (χ2n) is 5.80. The van der Waals surface area contributed by atoms with E-state index in [1.54, 1.807) is 0 Å². The molecule has 0 saturated carbocycles. The van der Waals surface area contributed by atoms with Crippen LogP contribution in [0.2, 0.25) is 0 Å². The maximum absolute atomic E-state index is 12.0. The van der Waals surface area contributed by atoms with Crippen molar-refractivity contribution in [2.45, 2.75) is 20.3 Å². The van der Waals surface area contributed by atoms with Gasteiger partial charge in [0.25, 0.3) is 0 Å². The first kappa shape index (κ1) is 16.9. The van der Waals surface area contributed by atoms with E-state index in [9.17, 15) is 4.79 Å². The lowest BCUT2D eigenvalue weighted by molar-refractivity contribution is -0.115. The van der Waals surface area contributed by atoms with Crippen molar-refractivity contribution < 1.29 is 9.53 Å². The number of nitrogens with one attached hydrogen (secondary N) is 2. The number of nitrogens with zero attached hydrogens (tertiary/aromatic N) is 1. The van der Waals surface area contributed by atoms with Crippen molar-refractivity contribution in [2.75, 3.05) is 51.3 Å². The highest BCUT2D eigenvalue weighted by molar-refractivity contribution is 5.93. The lowest BCUT2D eigenvalue weighted by atomic mass is 10.1. The Bertz CT molecular complexity index is 465. The summed E-state index contributed by atoms with van der Waals surface area (Å²) < 4.78 is 5.32. The van der Waals surface area contributed by atoms with Crippen molar-refractivity contribution in [1.82, 2.24) is 10.2 Å². The van der Waals surface area contributed by atoms with Crippen LogP contribution in [0.5, 0.6) is 0 Å². The van der Waals surface area contributed by atoms with E-state index in [-0.39, 0.29) is 5.91 Å². The van der Waals surface area contributed by atoms with Gasteiger partial charge in [0.15, 0.2) is 0 Å². The number of carbonyl (C=O) groups excluding carboxylic acids is 1. The van der Waals surface area contributed by atoms with Crippen molar-refractivity contribution in [3.05, 3.63) is 29.3 Å². The Morgan fingerprint density at radius 1 is 1.23 bits per heavy atom. The van der Waals surface area contributed by atoms with Gasteiger partial charge in [-0.05, 0) is 44.5 Å². The fraction of sp³-hybridized carbons (Fsp3) is 0.588. The number of benzene rings is 1. The number of anilines is 1. The maximum Gasteiger partial charge on any atom is 0.238 e. The Morgan fingerprint density at radius 3 is 2.59 bits per heavy atom. The largest absolute Gasteiger partial charge is 0.379 e. The van der Waals surface area contributed by atoms with Gasteiger partial charge in [-0.1, -0.05) is 18.2 Å². The summed E-state index contributed by atoms with van der Waals surface area (Å²) in [4.78, 5) is 14.4. The molecule has 5 nitrogen and oxygen atoms in total. The van der Waals surface area contributed by atoms with Gasteiger partial charge in [-0.15, -0.1) is 0 Å². The van der Waals surface area contributed by atoms with Gasteiger partial charge >= 0.3 is 0 Å². The van der Waals surface area contributed by atoms with Crippen molar-refractivity contribution in [2.24, 2.45) is 0 Å². The summed E-state index contributed by atoms with van der Waals surface area (Å²) in [6.45, 7) is 10.0. The number of amides is 1. The highest BCUT2D eigenvalue weighted by atomic mass is 16.5. The molecule has 2 N–H and O–H groups in total. The van der Waals surface area contributed by atoms with Crippen LogP contribution in [0.25, 0.3) is 0 Å². The molecule has 5 heteroatoms. The Hall–Kier alpha value is -1.43. The fourth-order valence-corrected chi connectivity index (χ4v) is 2.65. The second kappa shape index (κ2) is 8.88. The van der Waals surface area contributed by atoms with Crippen molar-refractivity contribution in [3.63, 3.8) is 0 Å². The number of para-hydroxylation sites is 1. The zero-order valence-corrected chi connectivity index (χ0v) is 13.7. The minimum atomic E-state index is 0.0174. The number of hydrogen-bond acceptors (Lipinski definition) is 4. The molecule has 0 spiro atoms. The van der Waals surface area contributed by atoms with Crippen LogP contribution in [0.15, 0.2) is 18.2 Å². The van der Waals surface area contributed by atoms with Crippen LogP contribution in [0, 0.1) is 13.8 Å². The quantitative estimate of drug-likeness (QED) is 0.751. The van der Waals surface area contributed by atoms with Gasteiger partial charge in [0.1, 0.15) is 0 Å². The van der Waals surface area contributed by atoms with E-state index in [1.807, 2.05) is 32.0 Å². The molecule has 0 bridgehead atoms. The van der Waals surface area contributed by atoms with Crippen molar-refractivity contribution >= 4 is 11.6 Å². The molecule has 0 aliphatic carbocycles. The molecule has 0 radical (unpaired) electrons. The van der Waals surface area contributed by atoms with Crippen LogP contribution in [0.4, 0.5) is 5.69 Å². The SMILES string of the molecule is Cc1cccc(C)c1NC(=O)CNCCCN1CCOCC1. The Balaban J connectivity index is 1.61. The third kappa shape index (κ3) is 5.40. The molecule has 1 fully saturated rings. The zero-order chi connectivity index (χ0) is 15.8. The van der Waals surface area contributed by atoms with Crippen molar-refractivity contribution in [3.8, 4) is 0 Å². The molecular formula is C17H27N3O2. The van der Waals surface area contributed by atoms with E-state index >= 15 is 0 Å². The minimum absolute atomic E-state index is 0.0174.